The second kappa shape index (κ2) is 8.30. The number of hydrogen-bond donors (Lipinski definition) is 0. The smallest absolute Gasteiger partial charge is 0.0651 e. The van der Waals surface area contributed by atoms with Gasteiger partial charge in [0, 0.05) is 0 Å². The van der Waals surface area contributed by atoms with Crippen molar-refractivity contribution in [2.24, 2.45) is 23.7 Å². The van der Waals surface area contributed by atoms with Crippen LogP contribution < -0.4 is 0 Å². The first kappa shape index (κ1) is 18.3. The van der Waals surface area contributed by atoms with E-state index in [0.29, 0.717) is 6.10 Å². The Morgan fingerprint density at radius 3 is 2.54 bits per heavy atom. The van der Waals surface area contributed by atoms with Gasteiger partial charge in [-0.05, 0) is 106 Å². The molecule has 1 aromatic carbocycles. The maximum absolute atomic E-state index is 6.08. The Hall–Kier alpha value is -1.08. The van der Waals surface area contributed by atoms with Gasteiger partial charge in [0.25, 0.3) is 0 Å². The summed E-state index contributed by atoms with van der Waals surface area (Å²) in [5, 5.41) is 0. The van der Waals surface area contributed by atoms with Crippen LogP contribution in [0.1, 0.15) is 68.6 Å². The largest absolute Gasteiger partial charge is 0.374 e. The second-order valence-electron chi connectivity index (χ2n) is 9.21. The molecule has 26 heavy (non-hydrogen) atoms. The minimum absolute atomic E-state index is 0.522. The molecule has 1 heteroatoms. The highest BCUT2D eigenvalue weighted by molar-refractivity contribution is 5.33. The third-order valence-electron chi connectivity index (χ3n) is 7.56. The molecule has 2 fully saturated rings. The lowest BCUT2D eigenvalue weighted by atomic mass is 9.62. The lowest BCUT2D eigenvalue weighted by molar-refractivity contribution is -0.0138. The Morgan fingerprint density at radius 2 is 1.69 bits per heavy atom. The monoisotopic (exact) mass is 352 g/mol. The third kappa shape index (κ3) is 4.09. The van der Waals surface area contributed by atoms with E-state index in [9.17, 15) is 0 Å². The average molecular weight is 353 g/mol. The SMILES string of the molecule is C/C=C/CO[C@@H]1CC[C@@H]2CC(C3CCc4cc(C)ccc4C3)CCC2C1. The first-order chi connectivity index (χ1) is 12.7. The van der Waals surface area contributed by atoms with Crippen LogP contribution >= 0.6 is 0 Å². The van der Waals surface area contributed by atoms with Gasteiger partial charge in [-0.2, -0.15) is 0 Å². The predicted octanol–water partition coefficient (Wildman–Crippen LogP) is 6.28. The van der Waals surface area contributed by atoms with Crippen molar-refractivity contribution in [3.63, 3.8) is 0 Å². The fourth-order valence-corrected chi connectivity index (χ4v) is 6.06. The molecule has 0 radical (unpaired) electrons. The van der Waals surface area contributed by atoms with E-state index in [1.807, 2.05) is 0 Å². The Kier molecular flexibility index (Phi) is 5.84. The van der Waals surface area contributed by atoms with Crippen LogP contribution in [0.5, 0.6) is 0 Å². The zero-order chi connectivity index (χ0) is 17.9. The molecular formula is C25H36O. The van der Waals surface area contributed by atoms with Crippen molar-refractivity contribution in [3.05, 3.63) is 47.0 Å². The number of rotatable bonds is 4. The lowest BCUT2D eigenvalue weighted by Crippen LogP contribution is -2.37. The van der Waals surface area contributed by atoms with Gasteiger partial charge in [-0.25, -0.2) is 0 Å². The van der Waals surface area contributed by atoms with Gasteiger partial charge < -0.3 is 4.74 Å². The maximum atomic E-state index is 6.08. The molecule has 0 aliphatic heterocycles. The average Bonchev–Trinajstić information content (AvgIpc) is 2.67. The van der Waals surface area contributed by atoms with Crippen molar-refractivity contribution < 1.29 is 4.74 Å². The molecule has 4 rings (SSSR count). The van der Waals surface area contributed by atoms with Crippen LogP contribution in [0.3, 0.4) is 0 Å². The summed E-state index contributed by atoms with van der Waals surface area (Å²) in [7, 11) is 0. The van der Waals surface area contributed by atoms with Gasteiger partial charge in [-0.1, -0.05) is 35.9 Å². The molecule has 0 spiro atoms. The summed E-state index contributed by atoms with van der Waals surface area (Å²) in [4.78, 5) is 0. The topological polar surface area (TPSA) is 9.23 Å². The molecule has 3 aliphatic carbocycles. The first-order valence-electron chi connectivity index (χ1n) is 11.0. The summed E-state index contributed by atoms with van der Waals surface area (Å²) in [6, 6.07) is 7.15. The van der Waals surface area contributed by atoms with Gasteiger partial charge in [-0.3, -0.25) is 0 Å². The van der Waals surface area contributed by atoms with Crippen molar-refractivity contribution in [2.45, 2.75) is 77.7 Å². The zero-order valence-corrected chi connectivity index (χ0v) is 16.8. The van der Waals surface area contributed by atoms with E-state index in [4.69, 9.17) is 4.74 Å². The first-order valence-corrected chi connectivity index (χ1v) is 11.0. The standard InChI is InChI=1S/C25H36O/c1-3-4-13-26-25-12-11-23-16-22(9-10-24(23)17-25)21-8-7-19-14-18(2)5-6-20(19)15-21/h3-6,14,21-25H,7-13,15-17H2,1-2H3/b4-3+/t21?,22?,23-,24?,25-/m1/s1. The molecule has 1 nitrogen and oxygen atoms in total. The number of aryl methyl sites for hydroxylation is 2. The molecule has 0 amide bonds. The van der Waals surface area contributed by atoms with Crippen LogP contribution in [0.15, 0.2) is 30.4 Å². The fourth-order valence-electron chi connectivity index (χ4n) is 6.06. The van der Waals surface area contributed by atoms with E-state index in [-0.39, 0.29) is 0 Å². The highest BCUT2D eigenvalue weighted by Gasteiger charge is 2.38. The Labute approximate surface area is 160 Å². The maximum Gasteiger partial charge on any atom is 0.0651 e. The fraction of sp³-hybridized carbons (Fsp3) is 0.680. The summed E-state index contributed by atoms with van der Waals surface area (Å²) < 4.78 is 6.08. The van der Waals surface area contributed by atoms with Crippen molar-refractivity contribution in [2.75, 3.05) is 6.61 Å². The minimum Gasteiger partial charge on any atom is -0.374 e. The number of allylic oxidation sites excluding steroid dienone is 1. The summed E-state index contributed by atoms with van der Waals surface area (Å²) >= 11 is 0. The molecule has 3 aliphatic rings. The van der Waals surface area contributed by atoms with Crippen molar-refractivity contribution in [1.82, 2.24) is 0 Å². The summed E-state index contributed by atoms with van der Waals surface area (Å²) in [5.74, 6) is 3.84. The van der Waals surface area contributed by atoms with Crippen LogP contribution in [0.25, 0.3) is 0 Å². The van der Waals surface area contributed by atoms with E-state index < -0.39 is 0 Å². The second-order valence-corrected chi connectivity index (χ2v) is 9.21. The molecule has 0 heterocycles. The van der Waals surface area contributed by atoms with Crippen molar-refractivity contribution in [3.8, 4) is 0 Å². The molecule has 3 unspecified atom stereocenters. The molecule has 0 bridgehead atoms. The zero-order valence-electron chi connectivity index (χ0n) is 16.8. The Morgan fingerprint density at radius 1 is 0.923 bits per heavy atom. The quantitative estimate of drug-likeness (QED) is 0.580. The van der Waals surface area contributed by atoms with Crippen LogP contribution in [0, 0.1) is 30.6 Å². The summed E-state index contributed by atoms with van der Waals surface area (Å²) in [6.45, 7) is 5.11. The lowest BCUT2D eigenvalue weighted by Gasteiger charge is -2.44. The molecule has 1 aromatic rings. The van der Waals surface area contributed by atoms with E-state index in [1.54, 1.807) is 11.1 Å². The van der Waals surface area contributed by atoms with Gasteiger partial charge in [0.2, 0.25) is 0 Å². The Bertz CT molecular complexity index is 631. The van der Waals surface area contributed by atoms with Crippen LogP contribution in [0.2, 0.25) is 0 Å². The van der Waals surface area contributed by atoms with Crippen molar-refractivity contribution in [1.29, 1.82) is 0 Å². The summed E-state index contributed by atoms with van der Waals surface area (Å²) in [6.07, 6.45) is 17.3. The van der Waals surface area contributed by atoms with Gasteiger partial charge in [0.1, 0.15) is 0 Å². The number of ether oxygens (including phenoxy) is 1. The van der Waals surface area contributed by atoms with Crippen molar-refractivity contribution >= 4 is 0 Å². The van der Waals surface area contributed by atoms with E-state index >= 15 is 0 Å². The van der Waals surface area contributed by atoms with Crippen LogP contribution in [-0.2, 0) is 17.6 Å². The number of hydrogen-bond acceptors (Lipinski definition) is 1. The van der Waals surface area contributed by atoms with Crippen LogP contribution in [-0.4, -0.2) is 12.7 Å². The molecule has 0 N–H and O–H groups in total. The number of benzene rings is 1. The molecule has 2 saturated carbocycles. The molecule has 142 valence electrons. The molecule has 0 aromatic heterocycles. The predicted molar refractivity (Wildman–Crippen MR) is 109 cm³/mol. The molecule has 5 atom stereocenters. The molecule has 0 saturated heterocycles. The minimum atomic E-state index is 0.522. The Balaban J connectivity index is 1.31. The number of fused-ring (bicyclic) bond motifs is 2. The third-order valence-corrected chi connectivity index (χ3v) is 7.56. The van der Waals surface area contributed by atoms with Gasteiger partial charge >= 0.3 is 0 Å². The normalized spacial score (nSPS) is 34.5. The highest BCUT2D eigenvalue weighted by atomic mass is 16.5. The summed E-state index contributed by atoms with van der Waals surface area (Å²) in [5.41, 5.74) is 4.71. The van der Waals surface area contributed by atoms with E-state index in [2.05, 4.69) is 44.2 Å². The highest BCUT2D eigenvalue weighted by Crippen LogP contribution is 2.47. The van der Waals surface area contributed by atoms with E-state index in [1.165, 1.54) is 63.4 Å². The van der Waals surface area contributed by atoms with E-state index in [0.717, 1.165) is 30.3 Å². The van der Waals surface area contributed by atoms with Gasteiger partial charge in [0.05, 0.1) is 12.7 Å². The molecular weight excluding hydrogens is 316 g/mol. The van der Waals surface area contributed by atoms with Gasteiger partial charge in [-0.15, -0.1) is 0 Å². The van der Waals surface area contributed by atoms with Crippen LogP contribution in [0.4, 0.5) is 0 Å². The van der Waals surface area contributed by atoms with Gasteiger partial charge in [0.15, 0.2) is 0 Å².